The summed E-state index contributed by atoms with van der Waals surface area (Å²) in [6.07, 6.45) is 1.05. The minimum Gasteiger partial charge on any atom is -0.329 e. The molecule has 1 unspecified atom stereocenters. The standard InChI is InChI=1S/C16H18N2/c17-9-10-18-16-11-12-5-1-2-6-13(12)14-7-3-4-8-15(14)16/h1-8,16,18H,9-11,17H2. The highest BCUT2D eigenvalue weighted by molar-refractivity contribution is 5.73. The summed E-state index contributed by atoms with van der Waals surface area (Å²) in [5, 5.41) is 3.54. The molecule has 0 bridgehead atoms. The average Bonchev–Trinajstić information content (AvgIpc) is 2.45. The van der Waals surface area contributed by atoms with E-state index in [4.69, 9.17) is 5.73 Å². The van der Waals surface area contributed by atoms with Crippen molar-refractivity contribution in [1.29, 1.82) is 0 Å². The van der Waals surface area contributed by atoms with Crippen molar-refractivity contribution in [2.75, 3.05) is 13.1 Å². The predicted molar refractivity (Wildman–Crippen MR) is 75.4 cm³/mol. The Bertz CT molecular complexity index is 548. The molecule has 0 amide bonds. The highest BCUT2D eigenvalue weighted by Gasteiger charge is 2.22. The fraction of sp³-hybridized carbons (Fsp3) is 0.250. The highest BCUT2D eigenvalue weighted by Crippen LogP contribution is 2.37. The normalized spacial score (nSPS) is 17.1. The van der Waals surface area contributed by atoms with Crippen LogP contribution < -0.4 is 11.1 Å². The zero-order valence-corrected chi connectivity index (χ0v) is 10.4. The van der Waals surface area contributed by atoms with Gasteiger partial charge in [0.2, 0.25) is 0 Å². The molecule has 0 aliphatic heterocycles. The molecule has 2 aromatic carbocycles. The molecule has 0 spiro atoms. The molecular weight excluding hydrogens is 220 g/mol. The SMILES string of the molecule is NCCNC1Cc2ccccc2-c2ccccc21. The number of hydrogen-bond acceptors (Lipinski definition) is 2. The van der Waals surface area contributed by atoms with Crippen molar-refractivity contribution >= 4 is 0 Å². The number of nitrogens with two attached hydrogens (primary N) is 1. The first kappa shape index (κ1) is 11.5. The zero-order valence-electron chi connectivity index (χ0n) is 10.4. The van der Waals surface area contributed by atoms with Gasteiger partial charge in [0.15, 0.2) is 0 Å². The van der Waals surface area contributed by atoms with Crippen LogP contribution in [0.5, 0.6) is 0 Å². The molecule has 2 heteroatoms. The van der Waals surface area contributed by atoms with E-state index in [0.717, 1.165) is 13.0 Å². The Morgan fingerprint density at radius 1 is 1.00 bits per heavy atom. The van der Waals surface area contributed by atoms with Gasteiger partial charge in [0.25, 0.3) is 0 Å². The third-order valence-corrected chi connectivity index (χ3v) is 3.60. The summed E-state index contributed by atoms with van der Waals surface area (Å²) in [6.45, 7) is 1.54. The molecule has 18 heavy (non-hydrogen) atoms. The molecule has 0 heterocycles. The smallest absolute Gasteiger partial charge is 0.0367 e. The quantitative estimate of drug-likeness (QED) is 0.862. The number of benzene rings is 2. The summed E-state index contributed by atoms with van der Waals surface area (Å²) in [5.41, 5.74) is 11.1. The van der Waals surface area contributed by atoms with Gasteiger partial charge in [-0.3, -0.25) is 0 Å². The Balaban J connectivity index is 2.05. The molecule has 3 rings (SSSR count). The monoisotopic (exact) mass is 238 g/mol. The lowest BCUT2D eigenvalue weighted by Crippen LogP contribution is -2.30. The fourth-order valence-corrected chi connectivity index (χ4v) is 2.78. The second-order valence-electron chi connectivity index (χ2n) is 4.74. The molecule has 2 aromatic rings. The van der Waals surface area contributed by atoms with Crippen LogP contribution in [0.15, 0.2) is 48.5 Å². The van der Waals surface area contributed by atoms with Crippen LogP contribution in [0.25, 0.3) is 11.1 Å². The van der Waals surface area contributed by atoms with Crippen molar-refractivity contribution in [3.8, 4) is 11.1 Å². The van der Waals surface area contributed by atoms with Crippen molar-refractivity contribution in [3.63, 3.8) is 0 Å². The maximum absolute atomic E-state index is 5.60. The minimum atomic E-state index is 0.389. The third-order valence-electron chi connectivity index (χ3n) is 3.60. The summed E-state index contributed by atoms with van der Waals surface area (Å²) in [4.78, 5) is 0. The van der Waals surface area contributed by atoms with Crippen molar-refractivity contribution in [1.82, 2.24) is 5.32 Å². The third kappa shape index (κ3) is 1.94. The topological polar surface area (TPSA) is 38.0 Å². The predicted octanol–water partition coefficient (Wildman–Crippen LogP) is 2.50. The second-order valence-corrected chi connectivity index (χ2v) is 4.74. The zero-order chi connectivity index (χ0) is 12.4. The van der Waals surface area contributed by atoms with Gasteiger partial charge in [0, 0.05) is 19.1 Å². The van der Waals surface area contributed by atoms with Gasteiger partial charge < -0.3 is 11.1 Å². The van der Waals surface area contributed by atoms with Crippen molar-refractivity contribution in [2.45, 2.75) is 12.5 Å². The molecule has 3 N–H and O–H groups in total. The van der Waals surface area contributed by atoms with Crippen molar-refractivity contribution in [2.24, 2.45) is 5.73 Å². The van der Waals surface area contributed by atoms with Crippen LogP contribution in [0.1, 0.15) is 17.2 Å². The van der Waals surface area contributed by atoms with Gasteiger partial charge in [-0.05, 0) is 28.7 Å². The van der Waals surface area contributed by atoms with Crippen molar-refractivity contribution < 1.29 is 0 Å². The molecule has 92 valence electrons. The van der Waals surface area contributed by atoms with E-state index in [0.29, 0.717) is 12.6 Å². The van der Waals surface area contributed by atoms with E-state index < -0.39 is 0 Å². The van der Waals surface area contributed by atoms with Crippen LogP contribution in [0.4, 0.5) is 0 Å². The maximum atomic E-state index is 5.60. The van der Waals surface area contributed by atoms with E-state index in [-0.39, 0.29) is 0 Å². The lowest BCUT2D eigenvalue weighted by Gasteiger charge is -2.28. The number of nitrogens with one attached hydrogen (secondary N) is 1. The van der Waals surface area contributed by atoms with Crippen LogP contribution in [0.2, 0.25) is 0 Å². The summed E-state index contributed by atoms with van der Waals surface area (Å²) in [5.74, 6) is 0. The lowest BCUT2D eigenvalue weighted by molar-refractivity contribution is 0.534. The maximum Gasteiger partial charge on any atom is 0.0367 e. The Morgan fingerprint density at radius 2 is 1.72 bits per heavy atom. The first-order chi connectivity index (χ1) is 8.90. The van der Waals surface area contributed by atoms with E-state index in [1.165, 1.54) is 22.3 Å². The molecule has 0 saturated heterocycles. The summed E-state index contributed by atoms with van der Waals surface area (Å²) < 4.78 is 0. The Kier molecular flexibility index (Phi) is 3.13. The van der Waals surface area contributed by atoms with Gasteiger partial charge >= 0.3 is 0 Å². The van der Waals surface area contributed by atoms with Gasteiger partial charge in [-0.1, -0.05) is 48.5 Å². The van der Waals surface area contributed by atoms with Gasteiger partial charge in [0.1, 0.15) is 0 Å². The van der Waals surface area contributed by atoms with Gasteiger partial charge in [0.05, 0.1) is 0 Å². The lowest BCUT2D eigenvalue weighted by atomic mass is 9.82. The molecule has 1 aliphatic carbocycles. The molecular formula is C16H18N2. The van der Waals surface area contributed by atoms with E-state index in [1.807, 2.05) is 0 Å². The van der Waals surface area contributed by atoms with Gasteiger partial charge in [-0.25, -0.2) is 0 Å². The first-order valence-electron chi connectivity index (χ1n) is 6.51. The molecule has 0 radical (unpaired) electrons. The minimum absolute atomic E-state index is 0.389. The van der Waals surface area contributed by atoms with Gasteiger partial charge in [-0.2, -0.15) is 0 Å². The fourth-order valence-electron chi connectivity index (χ4n) is 2.78. The Morgan fingerprint density at radius 3 is 2.56 bits per heavy atom. The number of hydrogen-bond donors (Lipinski definition) is 2. The van der Waals surface area contributed by atoms with Crippen LogP contribution in [-0.4, -0.2) is 13.1 Å². The largest absolute Gasteiger partial charge is 0.329 e. The van der Waals surface area contributed by atoms with E-state index >= 15 is 0 Å². The average molecular weight is 238 g/mol. The molecule has 0 fully saturated rings. The van der Waals surface area contributed by atoms with Crippen LogP contribution in [-0.2, 0) is 6.42 Å². The number of fused-ring (bicyclic) bond motifs is 3. The molecule has 0 aromatic heterocycles. The molecule has 1 atom stereocenters. The second kappa shape index (κ2) is 4.92. The Hall–Kier alpha value is -1.64. The van der Waals surface area contributed by atoms with Crippen LogP contribution >= 0.6 is 0 Å². The van der Waals surface area contributed by atoms with Crippen molar-refractivity contribution in [3.05, 3.63) is 59.7 Å². The molecule has 1 aliphatic rings. The number of rotatable bonds is 3. The summed E-state index contributed by atoms with van der Waals surface area (Å²) in [7, 11) is 0. The highest BCUT2D eigenvalue weighted by atomic mass is 14.9. The summed E-state index contributed by atoms with van der Waals surface area (Å²) >= 11 is 0. The Labute approximate surface area is 108 Å². The first-order valence-corrected chi connectivity index (χ1v) is 6.51. The molecule has 2 nitrogen and oxygen atoms in total. The summed E-state index contributed by atoms with van der Waals surface area (Å²) in [6, 6.07) is 17.7. The van der Waals surface area contributed by atoms with E-state index in [9.17, 15) is 0 Å². The van der Waals surface area contributed by atoms with E-state index in [2.05, 4.69) is 53.8 Å². The molecule has 0 saturated carbocycles. The van der Waals surface area contributed by atoms with Gasteiger partial charge in [-0.15, -0.1) is 0 Å². The van der Waals surface area contributed by atoms with E-state index in [1.54, 1.807) is 0 Å². The van der Waals surface area contributed by atoms with Crippen LogP contribution in [0.3, 0.4) is 0 Å². The van der Waals surface area contributed by atoms with Crippen LogP contribution in [0, 0.1) is 0 Å².